The first-order chi connectivity index (χ1) is 21.4. The zero-order valence-corrected chi connectivity index (χ0v) is 25.7. The molecule has 11 heteroatoms. The maximum Gasteiger partial charge on any atom is 0.242 e. The molecule has 9 nitrogen and oxygen atoms in total. The Bertz CT molecular complexity index is 1640. The van der Waals surface area contributed by atoms with Crippen LogP contribution in [0.3, 0.4) is 0 Å². The average Bonchev–Trinajstić information content (AvgIpc) is 3.51. The van der Waals surface area contributed by atoms with Gasteiger partial charge in [-0.05, 0) is 65.7 Å². The number of likely N-dealkylation sites (N-methyl/N-ethyl adjacent to an activating group) is 1. The zero-order valence-electron chi connectivity index (χ0n) is 24.2. The number of aliphatic imine (C=N–C) groups is 1. The first-order valence-electron chi connectivity index (χ1n) is 14.2. The Morgan fingerprint density at radius 3 is 2.50 bits per heavy atom. The number of anilines is 1. The van der Waals surface area contributed by atoms with Gasteiger partial charge >= 0.3 is 0 Å². The number of rotatable bonds is 9. The van der Waals surface area contributed by atoms with Gasteiger partial charge < -0.3 is 24.0 Å². The van der Waals surface area contributed by atoms with Crippen LogP contribution in [0.25, 0.3) is 0 Å². The van der Waals surface area contributed by atoms with Crippen LogP contribution in [0.5, 0.6) is 23.1 Å². The van der Waals surface area contributed by atoms with E-state index >= 15 is 0 Å². The Hall–Kier alpha value is -4.31. The van der Waals surface area contributed by atoms with Crippen LogP contribution in [-0.4, -0.2) is 73.5 Å². The Balaban J connectivity index is 0.954. The number of aromatic nitrogens is 1. The molecular weight excluding hydrogens is 601 g/mol. The molecule has 44 heavy (non-hydrogen) atoms. The van der Waals surface area contributed by atoms with Gasteiger partial charge in [-0.2, -0.15) is 0 Å². The third kappa shape index (κ3) is 7.42. The first kappa shape index (κ1) is 29.7. The number of benzene rings is 3. The van der Waals surface area contributed by atoms with Crippen molar-refractivity contribution < 1.29 is 19.0 Å². The largest absolute Gasteiger partial charge is 0.454 e. The van der Waals surface area contributed by atoms with E-state index in [2.05, 4.69) is 20.9 Å². The topological polar surface area (TPSA) is 79.7 Å². The smallest absolute Gasteiger partial charge is 0.242 e. The van der Waals surface area contributed by atoms with Crippen molar-refractivity contribution in [3.8, 4) is 23.1 Å². The van der Waals surface area contributed by atoms with Crippen LogP contribution >= 0.6 is 23.2 Å². The van der Waals surface area contributed by atoms with E-state index in [0.29, 0.717) is 47.0 Å². The summed E-state index contributed by atoms with van der Waals surface area (Å²) in [5.41, 5.74) is 3.62. The SMILES string of the molecule is CN(CC(=O)N1CCN(Cc2ccc3c(c2)OCO3)CC1)c1ccc(Oc2ccc(N=Cc3ccc(Cl)c(Cl)c3)cn2)cc1. The normalized spacial score (nSPS) is 14.7. The number of carbonyl (C=O) groups is 1. The third-order valence-electron chi connectivity index (χ3n) is 7.47. The van der Waals surface area contributed by atoms with Crippen molar-refractivity contribution in [3.63, 3.8) is 0 Å². The van der Waals surface area contributed by atoms with Crippen molar-refractivity contribution in [3.05, 3.63) is 100 Å². The molecule has 0 saturated carbocycles. The van der Waals surface area contributed by atoms with Crippen molar-refractivity contribution >= 4 is 46.7 Å². The number of ether oxygens (including phenoxy) is 3. The lowest BCUT2D eigenvalue weighted by Crippen LogP contribution is -2.50. The quantitative estimate of drug-likeness (QED) is 0.197. The Labute approximate surface area is 266 Å². The summed E-state index contributed by atoms with van der Waals surface area (Å²) in [6, 6.07) is 22.6. The second kappa shape index (κ2) is 13.5. The molecule has 1 amide bonds. The number of amides is 1. The Kier molecular flexibility index (Phi) is 9.16. The predicted octanol–water partition coefficient (Wildman–Crippen LogP) is 6.44. The lowest BCUT2D eigenvalue weighted by molar-refractivity contribution is -0.131. The fourth-order valence-corrected chi connectivity index (χ4v) is 5.29. The maximum atomic E-state index is 13.0. The molecule has 0 aliphatic carbocycles. The minimum absolute atomic E-state index is 0.113. The van der Waals surface area contributed by atoms with Gasteiger partial charge in [-0.25, -0.2) is 4.98 Å². The lowest BCUT2D eigenvalue weighted by atomic mass is 10.1. The van der Waals surface area contributed by atoms with Crippen molar-refractivity contribution in [2.24, 2.45) is 4.99 Å². The second-order valence-electron chi connectivity index (χ2n) is 10.6. The number of hydrogen-bond acceptors (Lipinski definition) is 8. The summed E-state index contributed by atoms with van der Waals surface area (Å²) in [7, 11) is 1.92. The second-order valence-corrected chi connectivity index (χ2v) is 11.4. The number of halogens is 2. The molecule has 6 rings (SSSR count). The summed E-state index contributed by atoms with van der Waals surface area (Å²) in [5, 5.41) is 0.977. The number of hydrogen-bond donors (Lipinski definition) is 0. The lowest BCUT2D eigenvalue weighted by Gasteiger charge is -2.35. The molecule has 0 unspecified atom stereocenters. The summed E-state index contributed by atoms with van der Waals surface area (Å²) >= 11 is 12.0. The summed E-state index contributed by atoms with van der Waals surface area (Å²) in [4.78, 5) is 28.1. The molecule has 0 radical (unpaired) electrons. The van der Waals surface area contributed by atoms with Gasteiger partial charge in [-0.3, -0.25) is 14.7 Å². The molecule has 1 aromatic heterocycles. The maximum absolute atomic E-state index is 13.0. The van der Waals surface area contributed by atoms with Crippen LogP contribution in [0, 0.1) is 0 Å². The molecule has 2 aliphatic rings. The van der Waals surface area contributed by atoms with Gasteiger partial charge in [-0.1, -0.05) is 35.3 Å². The standard InChI is InChI=1S/C33H31Cl2N5O4/c1-38(21-33(41)40-14-12-39(13-15-40)20-24-3-10-30-31(17-24)43-22-42-30)26-5-7-27(8-6-26)44-32-11-4-25(19-37-32)36-18-23-2-9-28(34)29(35)16-23/h2-11,16-19H,12-15,20-22H2,1H3. The van der Waals surface area contributed by atoms with E-state index in [9.17, 15) is 4.79 Å². The molecule has 1 saturated heterocycles. The van der Waals surface area contributed by atoms with Gasteiger partial charge in [-0.15, -0.1) is 0 Å². The molecule has 0 spiro atoms. The van der Waals surface area contributed by atoms with E-state index in [1.165, 1.54) is 5.56 Å². The van der Waals surface area contributed by atoms with Crippen LogP contribution in [-0.2, 0) is 11.3 Å². The van der Waals surface area contributed by atoms with Crippen LogP contribution in [0.2, 0.25) is 10.0 Å². The first-order valence-corrected chi connectivity index (χ1v) is 15.0. The van der Waals surface area contributed by atoms with E-state index in [0.717, 1.165) is 42.4 Å². The van der Waals surface area contributed by atoms with Crippen LogP contribution in [0.1, 0.15) is 11.1 Å². The van der Waals surface area contributed by atoms with Crippen molar-refractivity contribution in [2.75, 3.05) is 51.5 Å². The molecule has 1 fully saturated rings. The van der Waals surface area contributed by atoms with Gasteiger partial charge in [0.25, 0.3) is 0 Å². The van der Waals surface area contributed by atoms with Crippen LogP contribution in [0.4, 0.5) is 11.4 Å². The highest BCUT2D eigenvalue weighted by molar-refractivity contribution is 6.42. The molecule has 3 heterocycles. The van der Waals surface area contributed by atoms with Crippen molar-refractivity contribution in [2.45, 2.75) is 6.54 Å². The van der Waals surface area contributed by atoms with E-state index in [-0.39, 0.29) is 12.7 Å². The van der Waals surface area contributed by atoms with E-state index in [4.69, 9.17) is 37.4 Å². The van der Waals surface area contributed by atoms with Gasteiger partial charge in [0.2, 0.25) is 18.6 Å². The van der Waals surface area contributed by atoms with E-state index < -0.39 is 0 Å². The summed E-state index contributed by atoms with van der Waals surface area (Å²) in [6.45, 7) is 4.46. The van der Waals surface area contributed by atoms with Crippen LogP contribution < -0.4 is 19.1 Å². The highest BCUT2D eigenvalue weighted by Crippen LogP contribution is 2.33. The van der Waals surface area contributed by atoms with Crippen molar-refractivity contribution in [1.82, 2.24) is 14.8 Å². The summed E-state index contributed by atoms with van der Waals surface area (Å²) < 4.78 is 16.8. The van der Waals surface area contributed by atoms with Crippen LogP contribution in [0.15, 0.2) is 84.0 Å². The Morgan fingerprint density at radius 2 is 1.75 bits per heavy atom. The fraction of sp³-hybridized carbons (Fsp3) is 0.242. The summed E-state index contributed by atoms with van der Waals surface area (Å²) in [5.74, 6) is 2.80. The molecule has 3 aromatic carbocycles. The number of piperazine rings is 1. The number of nitrogens with zero attached hydrogens (tertiary/aromatic N) is 5. The number of fused-ring (bicyclic) bond motifs is 1. The van der Waals surface area contributed by atoms with Gasteiger partial charge in [0, 0.05) is 57.7 Å². The van der Waals surface area contributed by atoms with Crippen molar-refractivity contribution in [1.29, 1.82) is 0 Å². The number of carbonyl (C=O) groups excluding carboxylic acids is 1. The highest BCUT2D eigenvalue weighted by atomic mass is 35.5. The molecule has 4 aromatic rings. The van der Waals surface area contributed by atoms with E-state index in [1.54, 1.807) is 30.6 Å². The molecular formula is C33H31Cl2N5O4. The monoisotopic (exact) mass is 631 g/mol. The zero-order chi connectivity index (χ0) is 30.5. The fourth-order valence-electron chi connectivity index (χ4n) is 4.99. The van der Waals surface area contributed by atoms with E-state index in [1.807, 2.05) is 65.4 Å². The predicted molar refractivity (Wildman–Crippen MR) is 172 cm³/mol. The van der Waals surface area contributed by atoms with Gasteiger partial charge in [0.15, 0.2) is 11.5 Å². The van der Waals surface area contributed by atoms with Gasteiger partial charge in [0.1, 0.15) is 5.75 Å². The molecule has 0 N–H and O–H groups in total. The summed E-state index contributed by atoms with van der Waals surface area (Å²) in [6.07, 6.45) is 3.33. The molecule has 0 bridgehead atoms. The average molecular weight is 633 g/mol. The molecule has 0 atom stereocenters. The number of pyridine rings is 1. The highest BCUT2D eigenvalue weighted by Gasteiger charge is 2.23. The third-order valence-corrected chi connectivity index (χ3v) is 8.21. The minimum Gasteiger partial charge on any atom is -0.454 e. The Morgan fingerprint density at radius 1 is 0.955 bits per heavy atom. The molecule has 226 valence electrons. The minimum atomic E-state index is 0.113. The molecule has 2 aliphatic heterocycles. The van der Waals surface area contributed by atoms with Gasteiger partial charge in [0.05, 0.1) is 28.5 Å².